The molecule has 0 aliphatic heterocycles. The van der Waals surface area contributed by atoms with Crippen LogP contribution in [-0.2, 0) is 11.0 Å². The van der Waals surface area contributed by atoms with Crippen molar-refractivity contribution in [2.45, 2.75) is 38.3 Å². The molecule has 0 unspecified atom stereocenters. The fourth-order valence-electron chi connectivity index (χ4n) is 2.10. The highest BCUT2D eigenvalue weighted by atomic mass is 19.4. The molecule has 0 atom stereocenters. The van der Waals surface area contributed by atoms with Crippen molar-refractivity contribution in [1.29, 1.82) is 0 Å². The van der Waals surface area contributed by atoms with Gasteiger partial charge in [-0.3, -0.25) is 9.59 Å². The Bertz CT molecular complexity index is 460. The van der Waals surface area contributed by atoms with Gasteiger partial charge in [0.25, 0.3) is 0 Å². The van der Waals surface area contributed by atoms with Crippen LogP contribution in [0.15, 0.2) is 24.3 Å². The molecule has 1 aromatic rings. The molecule has 1 N–H and O–H groups in total. The number of aliphatic carboxylic acids is 1. The van der Waals surface area contributed by atoms with Gasteiger partial charge in [-0.15, -0.1) is 0 Å². The van der Waals surface area contributed by atoms with Crippen molar-refractivity contribution in [2.75, 3.05) is 0 Å². The molecule has 3 nitrogen and oxygen atoms in total. The Kier molecular flexibility index (Phi) is 6.39. The number of rotatable bonds is 2. The van der Waals surface area contributed by atoms with Crippen LogP contribution in [0.3, 0.4) is 0 Å². The van der Waals surface area contributed by atoms with Gasteiger partial charge >= 0.3 is 12.1 Å². The Labute approximate surface area is 120 Å². The second-order valence-corrected chi connectivity index (χ2v) is 4.91. The van der Waals surface area contributed by atoms with E-state index in [1.165, 1.54) is 6.42 Å². The van der Waals surface area contributed by atoms with Crippen molar-refractivity contribution in [1.82, 2.24) is 0 Å². The van der Waals surface area contributed by atoms with Gasteiger partial charge in [-0.2, -0.15) is 13.2 Å². The highest BCUT2D eigenvalue weighted by molar-refractivity contribution is 5.74. The zero-order chi connectivity index (χ0) is 15.9. The summed E-state index contributed by atoms with van der Waals surface area (Å²) in [4.78, 5) is 20.4. The van der Waals surface area contributed by atoms with Crippen LogP contribution in [0, 0.1) is 5.92 Å². The molecule has 0 bridgehead atoms. The Morgan fingerprint density at radius 3 is 1.95 bits per heavy atom. The van der Waals surface area contributed by atoms with Gasteiger partial charge in [-0.05, 0) is 25.0 Å². The van der Waals surface area contributed by atoms with Gasteiger partial charge in [0.05, 0.1) is 11.5 Å². The summed E-state index contributed by atoms with van der Waals surface area (Å²) in [5.74, 6) is -0.631. The number of carboxylic acid groups (broad SMARTS) is 1. The van der Waals surface area contributed by atoms with Crippen LogP contribution in [0.25, 0.3) is 0 Å². The SMILES string of the molecule is O=C(O)C1CCCCC1.O=Cc1ccc(C(F)(F)F)cc1. The van der Waals surface area contributed by atoms with Crippen LogP contribution >= 0.6 is 0 Å². The standard InChI is InChI=1S/C8H5F3O.C7H12O2/c9-8(10,11)7-3-1-6(5-12)2-4-7;8-7(9)6-4-2-1-3-5-6/h1-5H;6H,1-5H2,(H,8,9). The number of aldehydes is 1. The van der Waals surface area contributed by atoms with Crippen molar-refractivity contribution < 1.29 is 27.9 Å². The molecular weight excluding hydrogens is 285 g/mol. The number of alkyl halides is 3. The molecule has 21 heavy (non-hydrogen) atoms. The van der Waals surface area contributed by atoms with Crippen molar-refractivity contribution in [3.63, 3.8) is 0 Å². The third-order valence-corrected chi connectivity index (χ3v) is 3.33. The summed E-state index contributed by atoms with van der Waals surface area (Å²) in [5, 5.41) is 8.54. The van der Waals surface area contributed by atoms with Crippen molar-refractivity contribution >= 4 is 12.3 Å². The number of hydrogen-bond acceptors (Lipinski definition) is 2. The summed E-state index contributed by atoms with van der Waals surface area (Å²) in [5.41, 5.74) is -0.504. The van der Waals surface area contributed by atoms with Gasteiger partial charge in [0.1, 0.15) is 6.29 Å². The zero-order valence-electron chi connectivity index (χ0n) is 11.4. The van der Waals surface area contributed by atoms with Crippen LogP contribution < -0.4 is 0 Å². The summed E-state index contributed by atoms with van der Waals surface area (Å²) >= 11 is 0. The minimum Gasteiger partial charge on any atom is -0.481 e. The zero-order valence-corrected chi connectivity index (χ0v) is 11.4. The highest BCUT2D eigenvalue weighted by Crippen LogP contribution is 2.28. The molecule has 1 fully saturated rings. The number of carbonyl (C=O) groups is 2. The van der Waals surface area contributed by atoms with E-state index in [2.05, 4.69) is 0 Å². The molecular formula is C15H17F3O3. The molecule has 0 aromatic heterocycles. The average Bonchev–Trinajstić information content (AvgIpc) is 2.48. The maximum absolute atomic E-state index is 11.9. The summed E-state index contributed by atoms with van der Waals surface area (Å²) in [6.45, 7) is 0. The number of benzene rings is 1. The van der Waals surface area contributed by atoms with Crippen LogP contribution in [-0.4, -0.2) is 17.4 Å². The predicted molar refractivity (Wildman–Crippen MR) is 71.0 cm³/mol. The van der Waals surface area contributed by atoms with E-state index in [1.54, 1.807) is 0 Å². The van der Waals surface area contributed by atoms with E-state index in [0.29, 0.717) is 6.29 Å². The monoisotopic (exact) mass is 302 g/mol. The topological polar surface area (TPSA) is 54.4 Å². The molecule has 1 saturated carbocycles. The van der Waals surface area contributed by atoms with Gasteiger partial charge in [0.2, 0.25) is 0 Å². The summed E-state index contributed by atoms with van der Waals surface area (Å²) in [7, 11) is 0. The Morgan fingerprint density at radius 2 is 1.62 bits per heavy atom. The maximum Gasteiger partial charge on any atom is 0.416 e. The number of carbonyl (C=O) groups excluding carboxylic acids is 1. The summed E-state index contributed by atoms with van der Waals surface area (Å²) < 4.78 is 35.8. The van der Waals surface area contributed by atoms with E-state index < -0.39 is 17.7 Å². The second-order valence-electron chi connectivity index (χ2n) is 4.91. The van der Waals surface area contributed by atoms with E-state index in [4.69, 9.17) is 5.11 Å². The van der Waals surface area contributed by atoms with Gasteiger partial charge in [-0.25, -0.2) is 0 Å². The molecule has 0 radical (unpaired) electrons. The van der Waals surface area contributed by atoms with Gasteiger partial charge in [0.15, 0.2) is 0 Å². The summed E-state index contributed by atoms with van der Waals surface area (Å²) in [6.07, 6.45) is 1.41. The smallest absolute Gasteiger partial charge is 0.416 e. The van der Waals surface area contributed by atoms with Crippen molar-refractivity contribution in [2.24, 2.45) is 5.92 Å². The maximum atomic E-state index is 11.9. The van der Waals surface area contributed by atoms with Gasteiger partial charge in [-0.1, -0.05) is 31.4 Å². The van der Waals surface area contributed by atoms with Crippen LogP contribution in [0.4, 0.5) is 13.2 Å². The molecule has 6 heteroatoms. The Balaban J connectivity index is 0.000000219. The van der Waals surface area contributed by atoms with Crippen LogP contribution in [0.1, 0.15) is 48.0 Å². The number of halogens is 3. The van der Waals surface area contributed by atoms with E-state index in [-0.39, 0.29) is 11.5 Å². The summed E-state index contributed by atoms with van der Waals surface area (Å²) in [6, 6.07) is 4.03. The van der Waals surface area contributed by atoms with Crippen molar-refractivity contribution in [3.05, 3.63) is 35.4 Å². The molecule has 1 aliphatic rings. The molecule has 1 aliphatic carbocycles. The lowest BCUT2D eigenvalue weighted by Crippen LogP contribution is -2.16. The van der Waals surface area contributed by atoms with E-state index in [0.717, 1.165) is 49.9 Å². The molecule has 116 valence electrons. The van der Waals surface area contributed by atoms with E-state index in [9.17, 15) is 22.8 Å². The fraction of sp³-hybridized carbons (Fsp3) is 0.467. The van der Waals surface area contributed by atoms with Gasteiger partial charge in [0, 0.05) is 5.56 Å². The second kappa shape index (κ2) is 7.81. The molecule has 2 rings (SSSR count). The Morgan fingerprint density at radius 1 is 1.10 bits per heavy atom. The molecule has 0 saturated heterocycles. The first kappa shape index (κ1) is 17.2. The predicted octanol–water partition coefficient (Wildman–Crippen LogP) is 4.17. The van der Waals surface area contributed by atoms with Gasteiger partial charge < -0.3 is 5.11 Å². The van der Waals surface area contributed by atoms with E-state index >= 15 is 0 Å². The lowest BCUT2D eigenvalue weighted by molar-refractivity contribution is -0.142. The number of carboxylic acids is 1. The average molecular weight is 302 g/mol. The third-order valence-electron chi connectivity index (χ3n) is 3.33. The Hall–Kier alpha value is -1.85. The minimum absolute atomic E-state index is 0.0289. The van der Waals surface area contributed by atoms with Crippen LogP contribution in [0.5, 0.6) is 0 Å². The van der Waals surface area contributed by atoms with Crippen molar-refractivity contribution in [3.8, 4) is 0 Å². The first-order chi connectivity index (χ1) is 9.84. The fourth-order valence-corrected chi connectivity index (χ4v) is 2.10. The van der Waals surface area contributed by atoms with E-state index in [1.807, 2.05) is 0 Å². The molecule has 1 aromatic carbocycles. The molecule has 0 amide bonds. The van der Waals surface area contributed by atoms with Crippen LogP contribution in [0.2, 0.25) is 0 Å². The third kappa shape index (κ3) is 5.97. The molecule has 0 spiro atoms. The molecule has 0 heterocycles. The normalized spacial score (nSPS) is 15.8. The highest BCUT2D eigenvalue weighted by Gasteiger charge is 2.29. The quantitative estimate of drug-likeness (QED) is 0.834. The largest absolute Gasteiger partial charge is 0.481 e. The first-order valence-electron chi connectivity index (χ1n) is 6.70. The lowest BCUT2D eigenvalue weighted by atomic mass is 9.90. The minimum atomic E-state index is -4.33. The first-order valence-corrected chi connectivity index (χ1v) is 6.70. The number of hydrogen-bond donors (Lipinski definition) is 1. The lowest BCUT2D eigenvalue weighted by Gasteiger charge is -2.16.